The fourth-order valence-electron chi connectivity index (χ4n) is 5.72. The second-order valence-corrected chi connectivity index (χ2v) is 11.0. The van der Waals surface area contributed by atoms with Crippen molar-refractivity contribution in [3.05, 3.63) is 129 Å². The number of anilines is 1. The first kappa shape index (κ1) is 35.1. The molecule has 48 heavy (non-hydrogen) atoms. The van der Waals surface area contributed by atoms with Crippen molar-refractivity contribution in [1.82, 2.24) is 14.9 Å². The van der Waals surface area contributed by atoms with E-state index in [0.29, 0.717) is 53.7 Å². The quantitative estimate of drug-likeness (QED) is 0.103. The van der Waals surface area contributed by atoms with E-state index in [-0.39, 0.29) is 32.8 Å². The van der Waals surface area contributed by atoms with E-state index in [1.165, 1.54) is 12.1 Å². The molecule has 0 spiro atoms. The molecule has 0 aliphatic rings. The number of hydrogen-bond acceptors (Lipinski definition) is 7. The van der Waals surface area contributed by atoms with Crippen LogP contribution in [0.4, 0.5) is 19.9 Å². The summed E-state index contributed by atoms with van der Waals surface area (Å²) in [7, 11) is 0. The van der Waals surface area contributed by atoms with Gasteiger partial charge in [0.15, 0.2) is 5.58 Å². The normalized spacial score (nSPS) is 11.5. The average Bonchev–Trinajstić information content (AvgIpc) is 3.35. The van der Waals surface area contributed by atoms with Crippen LogP contribution in [0.15, 0.2) is 105 Å². The predicted octanol–water partition coefficient (Wildman–Crippen LogP) is 5.66. The van der Waals surface area contributed by atoms with Gasteiger partial charge >= 0.3 is 11.8 Å². The molecule has 11 nitrogen and oxygen atoms in total. The first-order valence-electron chi connectivity index (χ1n) is 14.8. The van der Waals surface area contributed by atoms with Gasteiger partial charge in [0.25, 0.3) is 0 Å². The number of hydrogen-bond donors (Lipinski definition) is 6. The van der Waals surface area contributed by atoms with Crippen LogP contribution in [-0.2, 0) is 19.5 Å². The Morgan fingerprint density at radius 1 is 0.917 bits per heavy atom. The minimum Gasteiger partial charge on any atom is -0.506 e. The number of pyridine rings is 1. The summed E-state index contributed by atoms with van der Waals surface area (Å²) in [5, 5.41) is 36.5. The number of aromatic hydroxyl groups is 1. The number of benzene rings is 4. The minimum absolute atomic E-state index is 0. The molecule has 0 radical (unpaired) electrons. The largest absolute Gasteiger partial charge is 0.506 e. The zero-order chi connectivity index (χ0) is 32.2. The van der Waals surface area contributed by atoms with Crippen LogP contribution in [0.25, 0.3) is 33.1 Å². The van der Waals surface area contributed by atoms with Crippen molar-refractivity contribution in [1.29, 1.82) is 0 Å². The number of amides is 1. The lowest BCUT2D eigenvalue weighted by Gasteiger charge is -2.15. The molecule has 0 aliphatic heterocycles. The maximum absolute atomic E-state index is 12.7. The van der Waals surface area contributed by atoms with Crippen molar-refractivity contribution in [2.24, 2.45) is 0 Å². The lowest BCUT2D eigenvalue weighted by molar-refractivity contribution is 0.176. The summed E-state index contributed by atoms with van der Waals surface area (Å²) < 4.78 is 7.13. The van der Waals surface area contributed by atoms with Gasteiger partial charge < -0.3 is 30.0 Å². The summed E-state index contributed by atoms with van der Waals surface area (Å²) in [6.45, 7) is 1.03. The van der Waals surface area contributed by atoms with Gasteiger partial charge in [0.2, 0.25) is 5.56 Å². The number of aromatic nitrogens is 2. The Morgan fingerprint density at radius 2 is 1.69 bits per heavy atom. The summed E-state index contributed by atoms with van der Waals surface area (Å²) in [5.41, 5.74) is 5.62. The number of phenols is 1. The number of aromatic amines is 1. The highest BCUT2D eigenvalue weighted by atomic mass is 19.0. The van der Waals surface area contributed by atoms with Crippen LogP contribution >= 0.6 is 0 Å². The number of aryl methyl sites for hydroxylation is 2. The number of fused-ring (bicyclic) bond motifs is 2. The van der Waals surface area contributed by atoms with Gasteiger partial charge in [-0.05, 0) is 65.4 Å². The Morgan fingerprint density at radius 3 is 2.46 bits per heavy atom. The number of oxazole rings is 1. The van der Waals surface area contributed by atoms with Gasteiger partial charge in [-0.2, -0.15) is 0 Å². The van der Waals surface area contributed by atoms with Crippen LogP contribution in [0, 0.1) is 0 Å². The molecule has 1 amide bonds. The first-order valence-corrected chi connectivity index (χ1v) is 14.8. The summed E-state index contributed by atoms with van der Waals surface area (Å²) >= 11 is 0. The van der Waals surface area contributed by atoms with Crippen molar-refractivity contribution in [3.8, 4) is 16.9 Å². The number of rotatable bonds is 11. The molecule has 0 saturated heterocycles. The number of aliphatic hydroxyl groups excluding tert-OH is 1. The number of aliphatic hydroxyl groups is 1. The Labute approximate surface area is 271 Å². The Bertz CT molecular complexity index is 2160. The molecule has 0 aliphatic carbocycles. The number of carbonyl (C=O) groups is 1. The third kappa shape index (κ3) is 7.60. The third-order valence-electron chi connectivity index (χ3n) is 7.92. The molecular weight excluding hydrogens is 626 g/mol. The van der Waals surface area contributed by atoms with Gasteiger partial charge in [-0.25, -0.2) is 9.59 Å². The van der Waals surface area contributed by atoms with Crippen LogP contribution in [-0.4, -0.2) is 37.5 Å². The van der Waals surface area contributed by atoms with Gasteiger partial charge in [0.05, 0.1) is 22.8 Å². The van der Waals surface area contributed by atoms with Crippen LogP contribution < -0.4 is 21.9 Å². The first-order chi connectivity index (χ1) is 22.3. The van der Waals surface area contributed by atoms with Crippen molar-refractivity contribution in [2.45, 2.75) is 32.0 Å². The average molecular weight is 661 g/mol. The molecule has 6 aromatic rings. The zero-order valence-electron chi connectivity index (χ0n) is 25.5. The highest BCUT2D eigenvalue weighted by Gasteiger charge is 2.15. The molecule has 0 fully saturated rings. The van der Waals surface area contributed by atoms with E-state index in [4.69, 9.17) is 4.42 Å². The van der Waals surface area contributed by atoms with Crippen LogP contribution in [0.5, 0.6) is 5.75 Å². The van der Waals surface area contributed by atoms with Crippen molar-refractivity contribution in [2.75, 3.05) is 11.9 Å². The lowest BCUT2D eigenvalue weighted by Crippen LogP contribution is -2.21. The molecule has 250 valence electrons. The second kappa shape index (κ2) is 15.2. The number of carboxylic acid groups (broad SMARTS) is 1. The third-order valence-corrected chi connectivity index (χ3v) is 7.92. The molecule has 2 heterocycles. The Balaban J connectivity index is 0.00000260. The van der Waals surface area contributed by atoms with E-state index in [1.54, 1.807) is 22.8 Å². The Kier molecular flexibility index (Phi) is 11.1. The highest BCUT2D eigenvalue weighted by molar-refractivity contribution is 5.91. The molecule has 0 saturated carbocycles. The molecule has 0 unspecified atom stereocenters. The standard InChI is InChI=1S/C35H32N4O7.2FH/c40-29-14-11-25(26-12-15-32(42)38-33(26)29)30(41)20-36-19-22-9-13-28-31(18-22)46-35(45)39(28)16-4-5-21-8-10-24(23-6-2-1-3-7-23)27(17-21)37-34(43)44;;/h1-3,6-15,17-18,30,36-37,40-41H,4-5,16,19-20H2,(H,38,42)(H,43,44);2*1H/t30-;;/m1../s1. The fraction of sp³-hybridized carbons (Fsp3) is 0.171. The summed E-state index contributed by atoms with van der Waals surface area (Å²) in [6, 6.07) is 26.7. The zero-order valence-corrected chi connectivity index (χ0v) is 25.5. The van der Waals surface area contributed by atoms with Crippen LogP contribution in [0.2, 0.25) is 0 Å². The summed E-state index contributed by atoms with van der Waals surface area (Å²) in [4.78, 5) is 38.4. The van der Waals surface area contributed by atoms with E-state index < -0.39 is 18.0 Å². The van der Waals surface area contributed by atoms with Gasteiger partial charge in [-0.15, -0.1) is 0 Å². The predicted molar refractivity (Wildman–Crippen MR) is 180 cm³/mol. The van der Waals surface area contributed by atoms with Crippen LogP contribution in [0.3, 0.4) is 0 Å². The van der Waals surface area contributed by atoms with Gasteiger partial charge in [0, 0.05) is 36.7 Å². The van der Waals surface area contributed by atoms with Crippen molar-refractivity contribution in [3.63, 3.8) is 0 Å². The van der Waals surface area contributed by atoms with E-state index in [0.717, 1.165) is 22.3 Å². The van der Waals surface area contributed by atoms with E-state index >= 15 is 0 Å². The fourth-order valence-corrected chi connectivity index (χ4v) is 5.72. The van der Waals surface area contributed by atoms with Gasteiger partial charge in [-0.1, -0.05) is 54.6 Å². The van der Waals surface area contributed by atoms with Crippen molar-refractivity contribution < 1.29 is 33.9 Å². The summed E-state index contributed by atoms with van der Waals surface area (Å²) in [6.07, 6.45) is -0.783. The monoisotopic (exact) mass is 660 g/mol. The van der Waals surface area contributed by atoms with Gasteiger partial charge in [0.1, 0.15) is 5.75 Å². The topological polar surface area (TPSA) is 170 Å². The lowest BCUT2D eigenvalue weighted by atomic mass is 9.99. The molecule has 4 aromatic carbocycles. The number of nitrogens with zero attached hydrogens (tertiary/aromatic N) is 1. The summed E-state index contributed by atoms with van der Waals surface area (Å²) in [5.74, 6) is -0.529. The van der Waals surface area contributed by atoms with Gasteiger partial charge in [-0.3, -0.25) is 24.1 Å². The number of halogens is 2. The molecule has 0 bridgehead atoms. The number of phenolic OH excluding ortho intramolecular Hbond substituents is 1. The minimum atomic E-state index is -1.14. The number of nitrogens with one attached hydrogen (secondary N) is 3. The second-order valence-electron chi connectivity index (χ2n) is 11.0. The number of H-pyrrole nitrogens is 1. The highest BCUT2D eigenvalue weighted by Crippen LogP contribution is 2.30. The maximum atomic E-state index is 12.7. The van der Waals surface area contributed by atoms with Crippen LogP contribution in [0.1, 0.15) is 29.2 Å². The van der Waals surface area contributed by atoms with E-state index in [9.17, 15) is 29.7 Å². The molecular formula is C35H34F2N4O7. The molecule has 6 N–H and O–H groups in total. The SMILES string of the molecule is F.F.O=C(O)Nc1cc(CCCn2c(=O)oc3cc(CNC[C@@H](O)c4ccc(O)c5[nH]c(=O)ccc45)ccc32)ccc1-c1ccccc1. The van der Waals surface area contributed by atoms with E-state index in [1.807, 2.05) is 60.7 Å². The molecule has 1 atom stereocenters. The smallest absolute Gasteiger partial charge is 0.419 e. The maximum Gasteiger partial charge on any atom is 0.419 e. The molecule has 6 rings (SSSR count). The van der Waals surface area contributed by atoms with E-state index in [2.05, 4.69) is 15.6 Å². The molecule has 2 aromatic heterocycles. The van der Waals surface area contributed by atoms with Crippen molar-refractivity contribution >= 4 is 33.8 Å². The molecule has 13 heteroatoms. The Hall–Kier alpha value is -5.79.